The molecule has 0 bridgehead atoms. The van der Waals surface area contributed by atoms with E-state index in [1.54, 1.807) is 0 Å². The Morgan fingerprint density at radius 1 is 1.33 bits per heavy atom. The van der Waals surface area contributed by atoms with Gasteiger partial charge in [0.05, 0.1) is 0 Å². The van der Waals surface area contributed by atoms with Crippen molar-refractivity contribution in [3.8, 4) is 0 Å². The van der Waals surface area contributed by atoms with Gasteiger partial charge in [0.25, 0.3) is 0 Å². The molecule has 0 fully saturated rings. The molecule has 0 heterocycles. The molecule has 64 valence electrons. The van der Waals surface area contributed by atoms with Crippen LogP contribution >= 0.6 is 11.8 Å². The van der Waals surface area contributed by atoms with Crippen molar-refractivity contribution in [3.05, 3.63) is 40.8 Å². The molecule has 0 aliphatic heterocycles. The minimum absolute atomic E-state index is 1.35. The van der Waals surface area contributed by atoms with E-state index in [2.05, 4.69) is 51.1 Å². The van der Waals surface area contributed by atoms with Crippen LogP contribution in [0.2, 0.25) is 0 Å². The quantitative estimate of drug-likeness (QED) is 0.616. The lowest BCUT2D eigenvalue weighted by molar-refractivity contribution is 1.30. The Morgan fingerprint density at radius 3 is 2.58 bits per heavy atom. The van der Waals surface area contributed by atoms with Gasteiger partial charge in [-0.05, 0) is 37.3 Å². The number of rotatable bonds is 2. The maximum absolute atomic E-state index is 2.16. The minimum Gasteiger partial charge on any atom is -0.0949 e. The maximum Gasteiger partial charge on any atom is 0.0148 e. The zero-order valence-corrected chi connectivity index (χ0v) is 8.61. The van der Waals surface area contributed by atoms with Crippen LogP contribution in [0.25, 0.3) is 0 Å². The molecule has 0 unspecified atom stereocenters. The van der Waals surface area contributed by atoms with Crippen molar-refractivity contribution in [2.24, 2.45) is 0 Å². The Hall–Kier alpha value is -0.690. The van der Waals surface area contributed by atoms with Crippen LogP contribution in [0.15, 0.2) is 40.1 Å². The minimum atomic E-state index is 1.35. The number of thioether (sulfide) groups is 1. The largest absolute Gasteiger partial charge is 0.0949 e. The van der Waals surface area contributed by atoms with Crippen LogP contribution in [0.3, 0.4) is 0 Å². The van der Waals surface area contributed by atoms with E-state index in [0.717, 1.165) is 0 Å². The lowest BCUT2D eigenvalue weighted by Gasteiger charge is -2.03. The fourth-order valence-corrected chi connectivity index (χ4v) is 1.74. The van der Waals surface area contributed by atoms with Crippen LogP contribution in [0.4, 0.5) is 0 Å². The molecule has 0 N–H and O–H groups in total. The number of benzene rings is 1. The summed E-state index contributed by atoms with van der Waals surface area (Å²) in [5.74, 6) is 0. The Bertz CT molecular complexity index is 287. The van der Waals surface area contributed by atoms with E-state index in [1.165, 1.54) is 15.4 Å². The summed E-state index contributed by atoms with van der Waals surface area (Å²) < 4.78 is 0. The zero-order valence-electron chi connectivity index (χ0n) is 7.79. The first-order valence-electron chi connectivity index (χ1n) is 4.10. The van der Waals surface area contributed by atoms with Crippen molar-refractivity contribution in [3.63, 3.8) is 0 Å². The van der Waals surface area contributed by atoms with Gasteiger partial charge in [-0.1, -0.05) is 36.0 Å². The summed E-state index contributed by atoms with van der Waals surface area (Å²) in [5, 5.41) is 0. The van der Waals surface area contributed by atoms with Crippen molar-refractivity contribution in [2.75, 3.05) is 0 Å². The monoisotopic (exact) mass is 178 g/mol. The van der Waals surface area contributed by atoms with E-state index in [-0.39, 0.29) is 0 Å². The molecule has 0 atom stereocenters. The third-order valence-electron chi connectivity index (χ3n) is 1.77. The SMILES string of the molecule is C/C=C(\C)Sc1ccccc1C. The summed E-state index contributed by atoms with van der Waals surface area (Å²) in [5.41, 5.74) is 1.35. The van der Waals surface area contributed by atoms with Gasteiger partial charge in [-0.25, -0.2) is 0 Å². The molecule has 0 aromatic heterocycles. The molecule has 1 aromatic rings. The Morgan fingerprint density at radius 2 is 2.00 bits per heavy atom. The molecule has 0 aliphatic rings. The number of hydrogen-bond donors (Lipinski definition) is 0. The number of hydrogen-bond acceptors (Lipinski definition) is 1. The Kier molecular flexibility index (Phi) is 3.42. The predicted molar refractivity (Wildman–Crippen MR) is 56.5 cm³/mol. The van der Waals surface area contributed by atoms with Gasteiger partial charge in [0.15, 0.2) is 0 Å². The fraction of sp³-hybridized carbons (Fsp3) is 0.273. The number of allylic oxidation sites excluding steroid dienone is 2. The lowest BCUT2D eigenvalue weighted by atomic mass is 10.2. The standard InChI is InChI=1S/C11H14S/c1-4-10(3)12-11-8-6-5-7-9(11)2/h4-8H,1-3H3/b10-4+. The molecule has 1 aromatic carbocycles. The van der Waals surface area contributed by atoms with E-state index in [4.69, 9.17) is 0 Å². The van der Waals surface area contributed by atoms with Crippen molar-refractivity contribution >= 4 is 11.8 Å². The average Bonchev–Trinajstić information content (AvgIpc) is 2.09. The third kappa shape index (κ3) is 2.42. The highest BCUT2D eigenvalue weighted by Gasteiger charge is 1.97. The zero-order chi connectivity index (χ0) is 8.97. The summed E-state index contributed by atoms with van der Waals surface area (Å²) in [6.07, 6.45) is 2.14. The van der Waals surface area contributed by atoms with E-state index in [1.807, 2.05) is 11.8 Å². The van der Waals surface area contributed by atoms with E-state index >= 15 is 0 Å². The second-order valence-corrected chi connectivity index (χ2v) is 4.05. The highest BCUT2D eigenvalue weighted by molar-refractivity contribution is 8.03. The van der Waals surface area contributed by atoms with Crippen LogP contribution in [-0.2, 0) is 0 Å². The highest BCUT2D eigenvalue weighted by Crippen LogP contribution is 2.28. The lowest BCUT2D eigenvalue weighted by Crippen LogP contribution is -1.77. The molecule has 0 amide bonds. The molecule has 0 spiro atoms. The van der Waals surface area contributed by atoms with Crippen LogP contribution in [0.5, 0.6) is 0 Å². The summed E-state index contributed by atoms with van der Waals surface area (Å²) in [4.78, 5) is 2.71. The molecular weight excluding hydrogens is 164 g/mol. The van der Waals surface area contributed by atoms with Crippen LogP contribution in [-0.4, -0.2) is 0 Å². The molecular formula is C11H14S. The van der Waals surface area contributed by atoms with Gasteiger partial charge in [-0.2, -0.15) is 0 Å². The Labute approximate surface area is 78.7 Å². The van der Waals surface area contributed by atoms with Crippen molar-refractivity contribution < 1.29 is 0 Å². The van der Waals surface area contributed by atoms with E-state index in [9.17, 15) is 0 Å². The second-order valence-electron chi connectivity index (χ2n) is 2.77. The van der Waals surface area contributed by atoms with Crippen LogP contribution in [0, 0.1) is 6.92 Å². The average molecular weight is 178 g/mol. The predicted octanol–water partition coefficient (Wildman–Crippen LogP) is 4.01. The molecule has 1 rings (SSSR count). The molecule has 0 radical (unpaired) electrons. The van der Waals surface area contributed by atoms with Gasteiger partial charge in [-0.15, -0.1) is 0 Å². The van der Waals surface area contributed by atoms with E-state index < -0.39 is 0 Å². The van der Waals surface area contributed by atoms with Crippen LogP contribution < -0.4 is 0 Å². The smallest absolute Gasteiger partial charge is 0.0148 e. The second kappa shape index (κ2) is 4.36. The summed E-state index contributed by atoms with van der Waals surface area (Å²) in [6.45, 7) is 6.35. The van der Waals surface area contributed by atoms with Gasteiger partial charge in [-0.3, -0.25) is 0 Å². The topological polar surface area (TPSA) is 0 Å². The summed E-state index contributed by atoms with van der Waals surface area (Å²) in [6, 6.07) is 8.46. The van der Waals surface area contributed by atoms with Crippen molar-refractivity contribution in [1.82, 2.24) is 0 Å². The summed E-state index contributed by atoms with van der Waals surface area (Å²) >= 11 is 1.83. The molecule has 0 saturated carbocycles. The van der Waals surface area contributed by atoms with Gasteiger partial charge in [0, 0.05) is 4.90 Å². The first kappa shape index (κ1) is 9.40. The molecule has 0 saturated heterocycles. The molecule has 0 aliphatic carbocycles. The molecule has 0 nitrogen and oxygen atoms in total. The summed E-state index contributed by atoms with van der Waals surface area (Å²) in [7, 11) is 0. The highest BCUT2D eigenvalue weighted by atomic mass is 32.2. The fourth-order valence-electron chi connectivity index (χ4n) is 0.903. The van der Waals surface area contributed by atoms with Gasteiger partial charge >= 0.3 is 0 Å². The van der Waals surface area contributed by atoms with Gasteiger partial charge in [0.2, 0.25) is 0 Å². The first-order chi connectivity index (χ1) is 5.74. The normalized spacial score (nSPS) is 11.8. The maximum atomic E-state index is 2.16. The van der Waals surface area contributed by atoms with Crippen LogP contribution in [0.1, 0.15) is 19.4 Å². The first-order valence-corrected chi connectivity index (χ1v) is 4.92. The molecule has 12 heavy (non-hydrogen) atoms. The van der Waals surface area contributed by atoms with E-state index in [0.29, 0.717) is 0 Å². The Balaban J connectivity index is 2.82. The van der Waals surface area contributed by atoms with Gasteiger partial charge < -0.3 is 0 Å². The van der Waals surface area contributed by atoms with Crippen molar-refractivity contribution in [1.29, 1.82) is 0 Å². The van der Waals surface area contributed by atoms with Gasteiger partial charge in [0.1, 0.15) is 0 Å². The number of aryl methyl sites for hydroxylation is 1. The van der Waals surface area contributed by atoms with Crippen molar-refractivity contribution in [2.45, 2.75) is 25.7 Å². The molecule has 1 heteroatoms. The third-order valence-corrected chi connectivity index (χ3v) is 3.01.